The Hall–Kier alpha value is -2.33. The number of likely N-dealkylation sites (tertiary alicyclic amines) is 1. The number of anilines is 1. The zero-order valence-electron chi connectivity index (χ0n) is 19.0. The van der Waals surface area contributed by atoms with E-state index in [1.54, 1.807) is 0 Å². The van der Waals surface area contributed by atoms with Gasteiger partial charge < -0.3 is 10.1 Å². The Morgan fingerprint density at radius 3 is 2.63 bits per heavy atom. The lowest BCUT2D eigenvalue weighted by Gasteiger charge is -2.40. The van der Waals surface area contributed by atoms with Crippen LogP contribution in [-0.4, -0.2) is 26.9 Å². The minimum Gasteiger partial charge on any atom is -0.398 e. The first kappa shape index (κ1) is 19.6. The van der Waals surface area contributed by atoms with Gasteiger partial charge in [0, 0.05) is 36.6 Å². The number of nitrogens with zero attached hydrogens (tertiary/aromatic N) is 3. The smallest absolute Gasteiger partial charge is 0.137 e. The molecule has 2 N–H and O–H groups in total. The highest BCUT2D eigenvalue weighted by molar-refractivity contribution is 5.68. The number of benzene rings is 1. The van der Waals surface area contributed by atoms with E-state index < -0.39 is 0 Å². The fraction of sp³-hybridized carbons (Fsp3) is 0.500. The van der Waals surface area contributed by atoms with Crippen LogP contribution < -0.4 is 5.73 Å². The molecule has 2 aromatic heterocycles. The quantitative estimate of drug-likeness (QED) is 0.620. The summed E-state index contributed by atoms with van der Waals surface area (Å²) in [5, 5.41) is 0. The van der Waals surface area contributed by atoms with Gasteiger partial charge in [0.25, 0.3) is 0 Å². The minimum atomic E-state index is 0.423. The van der Waals surface area contributed by atoms with Gasteiger partial charge in [-0.2, -0.15) is 0 Å². The van der Waals surface area contributed by atoms with Gasteiger partial charge in [0.05, 0.1) is 11.4 Å². The molecule has 1 saturated heterocycles. The summed E-state index contributed by atoms with van der Waals surface area (Å²) in [7, 11) is 0. The minimum absolute atomic E-state index is 0.423. The van der Waals surface area contributed by atoms with Crippen LogP contribution in [0.15, 0.2) is 36.5 Å². The summed E-state index contributed by atoms with van der Waals surface area (Å²) in [4.78, 5) is 7.76. The average molecular weight is 403 g/mol. The predicted molar refractivity (Wildman–Crippen MR) is 124 cm³/mol. The van der Waals surface area contributed by atoms with Gasteiger partial charge in [-0.25, -0.2) is 4.98 Å². The van der Waals surface area contributed by atoms with Gasteiger partial charge in [0.15, 0.2) is 0 Å². The highest BCUT2D eigenvalue weighted by atomic mass is 15.2. The van der Waals surface area contributed by atoms with Crippen molar-refractivity contribution >= 4 is 11.3 Å². The molecule has 158 valence electrons. The lowest BCUT2D eigenvalue weighted by molar-refractivity contribution is 0.126. The summed E-state index contributed by atoms with van der Waals surface area (Å²) in [6.07, 6.45) is 5.95. The molecule has 1 saturated carbocycles. The number of aromatic nitrogens is 2. The molecule has 4 nitrogen and oxygen atoms in total. The molecule has 2 unspecified atom stereocenters. The third-order valence-corrected chi connectivity index (χ3v) is 7.40. The second kappa shape index (κ2) is 6.58. The van der Waals surface area contributed by atoms with Gasteiger partial charge >= 0.3 is 0 Å². The SMILES string of the molecule is Cc1ccc(-c2nc3ccc(N)cn3c2CN2CC3(C)CC2CC(C)(C)C3)cc1C. The maximum absolute atomic E-state index is 6.17. The van der Waals surface area contributed by atoms with Gasteiger partial charge in [0.1, 0.15) is 5.65 Å². The van der Waals surface area contributed by atoms with E-state index in [1.807, 2.05) is 18.3 Å². The number of rotatable bonds is 3. The molecule has 0 radical (unpaired) electrons. The van der Waals surface area contributed by atoms with Crippen LogP contribution in [0.3, 0.4) is 0 Å². The summed E-state index contributed by atoms with van der Waals surface area (Å²) in [6.45, 7) is 13.8. The second-order valence-corrected chi connectivity index (χ2v) is 11.0. The average Bonchev–Trinajstić information content (AvgIpc) is 3.11. The van der Waals surface area contributed by atoms with E-state index in [-0.39, 0.29) is 0 Å². The van der Waals surface area contributed by atoms with E-state index >= 15 is 0 Å². The van der Waals surface area contributed by atoms with Gasteiger partial charge in [-0.1, -0.05) is 32.9 Å². The molecule has 2 bridgehead atoms. The first-order valence-electron chi connectivity index (χ1n) is 11.2. The van der Waals surface area contributed by atoms with Crippen LogP contribution in [0, 0.1) is 24.7 Å². The van der Waals surface area contributed by atoms with Gasteiger partial charge in [-0.05, 0) is 73.3 Å². The largest absolute Gasteiger partial charge is 0.398 e. The first-order chi connectivity index (χ1) is 14.1. The number of hydrogen-bond donors (Lipinski definition) is 1. The van der Waals surface area contributed by atoms with Crippen LogP contribution >= 0.6 is 0 Å². The third kappa shape index (κ3) is 3.31. The summed E-state index contributed by atoms with van der Waals surface area (Å²) in [5.41, 5.74) is 14.9. The van der Waals surface area contributed by atoms with Crippen molar-refractivity contribution in [2.45, 2.75) is 66.5 Å². The van der Waals surface area contributed by atoms with Gasteiger partial charge in [-0.3, -0.25) is 4.90 Å². The zero-order chi connectivity index (χ0) is 21.3. The van der Waals surface area contributed by atoms with E-state index in [0.29, 0.717) is 16.9 Å². The molecule has 3 heterocycles. The highest BCUT2D eigenvalue weighted by Gasteiger charge is 2.49. The maximum Gasteiger partial charge on any atom is 0.137 e. The summed E-state index contributed by atoms with van der Waals surface area (Å²) < 4.78 is 2.22. The lowest BCUT2D eigenvalue weighted by Crippen LogP contribution is -2.34. The van der Waals surface area contributed by atoms with Crippen molar-refractivity contribution in [1.29, 1.82) is 0 Å². The zero-order valence-corrected chi connectivity index (χ0v) is 19.0. The Balaban J connectivity index is 1.59. The summed E-state index contributed by atoms with van der Waals surface area (Å²) >= 11 is 0. The van der Waals surface area contributed by atoms with Crippen molar-refractivity contribution in [2.75, 3.05) is 12.3 Å². The first-order valence-corrected chi connectivity index (χ1v) is 11.2. The Morgan fingerprint density at radius 2 is 1.87 bits per heavy atom. The van der Waals surface area contributed by atoms with Crippen LogP contribution in [0.25, 0.3) is 16.9 Å². The fourth-order valence-electron chi connectivity index (χ4n) is 6.33. The number of hydrogen-bond acceptors (Lipinski definition) is 3. The monoisotopic (exact) mass is 402 g/mol. The molecule has 30 heavy (non-hydrogen) atoms. The van der Waals surface area contributed by atoms with Crippen LogP contribution in [0.5, 0.6) is 0 Å². The van der Waals surface area contributed by atoms with Crippen molar-refractivity contribution < 1.29 is 0 Å². The second-order valence-electron chi connectivity index (χ2n) is 11.0. The van der Waals surface area contributed by atoms with Crippen molar-refractivity contribution in [2.24, 2.45) is 10.8 Å². The van der Waals surface area contributed by atoms with Crippen molar-refractivity contribution in [3.05, 3.63) is 53.3 Å². The molecule has 1 aliphatic heterocycles. The van der Waals surface area contributed by atoms with E-state index in [9.17, 15) is 0 Å². The number of aryl methyl sites for hydroxylation is 2. The topological polar surface area (TPSA) is 46.6 Å². The molecule has 5 rings (SSSR count). The molecule has 1 aromatic carbocycles. The van der Waals surface area contributed by atoms with E-state index in [0.717, 1.165) is 23.6 Å². The molecular formula is C26H34N4. The molecule has 0 amide bonds. The Labute approximate surface area is 180 Å². The van der Waals surface area contributed by atoms with Gasteiger partial charge in [0.2, 0.25) is 0 Å². The molecule has 0 spiro atoms. The highest BCUT2D eigenvalue weighted by Crippen LogP contribution is 2.53. The summed E-state index contributed by atoms with van der Waals surface area (Å²) in [6, 6.07) is 11.3. The van der Waals surface area contributed by atoms with E-state index in [2.05, 4.69) is 62.1 Å². The Bertz CT molecular complexity index is 1130. The molecule has 2 fully saturated rings. The van der Waals surface area contributed by atoms with Crippen LogP contribution in [0.2, 0.25) is 0 Å². The molecule has 4 heteroatoms. The van der Waals surface area contributed by atoms with Crippen LogP contribution in [0.1, 0.15) is 56.9 Å². The van der Waals surface area contributed by atoms with Crippen molar-refractivity contribution in [3.63, 3.8) is 0 Å². The van der Waals surface area contributed by atoms with E-state index in [4.69, 9.17) is 10.7 Å². The van der Waals surface area contributed by atoms with Crippen molar-refractivity contribution in [3.8, 4) is 11.3 Å². The van der Waals surface area contributed by atoms with Gasteiger partial charge in [-0.15, -0.1) is 0 Å². The predicted octanol–water partition coefficient (Wildman–Crippen LogP) is 5.60. The fourth-order valence-corrected chi connectivity index (χ4v) is 6.33. The number of imidazole rings is 1. The number of nitrogens with two attached hydrogens (primary N) is 1. The standard InChI is InChI=1S/C26H34N4/c1-17-6-7-19(10-18(17)2)24-22(30-13-20(27)8-9-23(30)28-24)14-29-16-26(5)12-21(29)11-25(3,4)15-26/h6-10,13,21H,11-12,14-16,27H2,1-5H3. The van der Waals surface area contributed by atoms with Crippen LogP contribution in [-0.2, 0) is 6.54 Å². The summed E-state index contributed by atoms with van der Waals surface area (Å²) in [5.74, 6) is 0. The molecular weight excluding hydrogens is 368 g/mol. The Morgan fingerprint density at radius 1 is 1.07 bits per heavy atom. The molecule has 2 aliphatic rings. The number of pyridine rings is 1. The maximum atomic E-state index is 6.17. The van der Waals surface area contributed by atoms with Crippen molar-refractivity contribution in [1.82, 2.24) is 14.3 Å². The number of fused-ring (bicyclic) bond motifs is 3. The molecule has 2 atom stereocenters. The third-order valence-electron chi connectivity index (χ3n) is 7.40. The van der Waals surface area contributed by atoms with E-state index in [1.165, 1.54) is 48.2 Å². The molecule has 1 aliphatic carbocycles. The number of nitrogen functional groups attached to an aromatic ring is 1. The lowest BCUT2D eigenvalue weighted by atomic mass is 9.65. The van der Waals surface area contributed by atoms with Crippen LogP contribution in [0.4, 0.5) is 5.69 Å². The Kier molecular flexibility index (Phi) is 4.31. The molecule has 3 aromatic rings. The normalized spacial score (nSPS) is 25.8.